The van der Waals surface area contributed by atoms with Gasteiger partial charge in [-0.1, -0.05) is 6.07 Å². The molecule has 7 nitrogen and oxygen atoms in total. The SMILES string of the molecule is COc1ccc([C@H](C)NS(=O)(=O)c2ccc3c(c2)OCCO3)cc1OC. The van der Waals surface area contributed by atoms with Crippen molar-refractivity contribution in [2.24, 2.45) is 0 Å². The molecule has 1 aliphatic rings. The molecule has 0 saturated heterocycles. The number of hydrogen-bond donors (Lipinski definition) is 1. The first-order chi connectivity index (χ1) is 12.4. The Morgan fingerprint density at radius 1 is 0.962 bits per heavy atom. The van der Waals surface area contributed by atoms with E-state index in [2.05, 4.69) is 4.72 Å². The highest BCUT2D eigenvalue weighted by Gasteiger charge is 2.22. The van der Waals surface area contributed by atoms with E-state index in [0.29, 0.717) is 36.2 Å². The van der Waals surface area contributed by atoms with Crippen LogP contribution in [0.1, 0.15) is 18.5 Å². The third-order valence-electron chi connectivity index (χ3n) is 4.06. The Bertz CT molecular complexity index is 897. The summed E-state index contributed by atoms with van der Waals surface area (Å²) in [5, 5.41) is 0. The van der Waals surface area contributed by atoms with Gasteiger partial charge in [0.25, 0.3) is 0 Å². The molecular formula is C18H21NO6S. The molecular weight excluding hydrogens is 358 g/mol. The molecule has 1 atom stereocenters. The van der Waals surface area contributed by atoms with Crippen molar-refractivity contribution in [2.75, 3.05) is 27.4 Å². The average molecular weight is 379 g/mol. The Kier molecular flexibility index (Phi) is 5.24. The highest BCUT2D eigenvalue weighted by atomic mass is 32.2. The van der Waals surface area contributed by atoms with Gasteiger partial charge in [0.2, 0.25) is 10.0 Å². The van der Waals surface area contributed by atoms with E-state index in [-0.39, 0.29) is 4.90 Å². The van der Waals surface area contributed by atoms with Crippen LogP contribution >= 0.6 is 0 Å². The van der Waals surface area contributed by atoms with Crippen LogP contribution in [-0.4, -0.2) is 35.9 Å². The van der Waals surface area contributed by atoms with Gasteiger partial charge in [0, 0.05) is 12.1 Å². The van der Waals surface area contributed by atoms with Gasteiger partial charge in [-0.25, -0.2) is 13.1 Å². The summed E-state index contributed by atoms with van der Waals surface area (Å²) in [7, 11) is -0.653. The summed E-state index contributed by atoms with van der Waals surface area (Å²) in [4.78, 5) is 0.120. The second-order valence-electron chi connectivity index (χ2n) is 5.76. The molecule has 3 rings (SSSR count). The van der Waals surface area contributed by atoms with Crippen LogP contribution in [0.15, 0.2) is 41.3 Å². The van der Waals surface area contributed by atoms with Gasteiger partial charge in [-0.15, -0.1) is 0 Å². The summed E-state index contributed by atoms with van der Waals surface area (Å²) in [6.45, 7) is 2.61. The van der Waals surface area contributed by atoms with Gasteiger partial charge in [-0.3, -0.25) is 0 Å². The standard InChI is InChI=1S/C18H21NO6S/c1-12(13-4-6-15(22-2)17(10-13)23-3)19-26(20,21)14-5-7-16-18(11-14)25-9-8-24-16/h4-7,10-12,19H,8-9H2,1-3H3/t12-/m0/s1. The molecule has 140 valence electrons. The number of rotatable bonds is 6. The molecule has 0 radical (unpaired) electrons. The minimum absolute atomic E-state index is 0.120. The lowest BCUT2D eigenvalue weighted by Crippen LogP contribution is -2.27. The van der Waals surface area contributed by atoms with Gasteiger partial charge >= 0.3 is 0 Å². The second-order valence-corrected chi connectivity index (χ2v) is 7.48. The smallest absolute Gasteiger partial charge is 0.241 e. The zero-order chi connectivity index (χ0) is 18.7. The highest BCUT2D eigenvalue weighted by molar-refractivity contribution is 7.89. The Morgan fingerprint density at radius 2 is 1.65 bits per heavy atom. The molecule has 26 heavy (non-hydrogen) atoms. The van der Waals surface area contributed by atoms with Crippen molar-refractivity contribution in [3.05, 3.63) is 42.0 Å². The monoisotopic (exact) mass is 379 g/mol. The van der Waals surface area contributed by atoms with Gasteiger partial charge in [0.1, 0.15) is 13.2 Å². The van der Waals surface area contributed by atoms with Gasteiger partial charge in [-0.05, 0) is 36.8 Å². The number of sulfonamides is 1. The molecule has 0 aromatic heterocycles. The minimum atomic E-state index is -3.73. The fraction of sp³-hybridized carbons (Fsp3) is 0.333. The molecule has 1 aliphatic heterocycles. The van der Waals surface area contributed by atoms with Crippen LogP contribution in [0.3, 0.4) is 0 Å². The first-order valence-electron chi connectivity index (χ1n) is 8.08. The molecule has 2 aromatic rings. The number of nitrogens with one attached hydrogen (secondary N) is 1. The third-order valence-corrected chi connectivity index (χ3v) is 5.60. The zero-order valence-electron chi connectivity index (χ0n) is 14.8. The van der Waals surface area contributed by atoms with Crippen molar-refractivity contribution in [3.8, 4) is 23.0 Å². The predicted octanol–water partition coefficient (Wildman–Crippen LogP) is 2.51. The van der Waals surface area contributed by atoms with E-state index >= 15 is 0 Å². The van der Waals surface area contributed by atoms with Crippen LogP contribution in [0.4, 0.5) is 0 Å². The molecule has 8 heteroatoms. The normalized spacial score (nSPS) is 14.6. The summed E-state index contributed by atoms with van der Waals surface area (Å²) in [5.41, 5.74) is 0.753. The lowest BCUT2D eigenvalue weighted by molar-refractivity contribution is 0.171. The molecule has 2 aromatic carbocycles. The van der Waals surface area contributed by atoms with E-state index in [1.54, 1.807) is 38.3 Å². The summed E-state index contributed by atoms with van der Waals surface area (Å²) < 4.78 is 49.5. The fourth-order valence-electron chi connectivity index (χ4n) is 2.68. The second kappa shape index (κ2) is 7.43. The lowest BCUT2D eigenvalue weighted by atomic mass is 10.1. The number of methoxy groups -OCH3 is 2. The average Bonchev–Trinajstić information content (AvgIpc) is 2.66. The molecule has 0 saturated carbocycles. The molecule has 0 aliphatic carbocycles. The van der Waals surface area contributed by atoms with Gasteiger partial charge < -0.3 is 18.9 Å². The predicted molar refractivity (Wildman–Crippen MR) is 95.7 cm³/mol. The van der Waals surface area contributed by atoms with Crippen LogP contribution in [0.5, 0.6) is 23.0 Å². The summed E-state index contributed by atoms with van der Waals surface area (Å²) in [6.07, 6.45) is 0. The van der Waals surface area contributed by atoms with E-state index in [0.717, 1.165) is 5.56 Å². The number of fused-ring (bicyclic) bond motifs is 1. The van der Waals surface area contributed by atoms with Crippen molar-refractivity contribution >= 4 is 10.0 Å². The maximum Gasteiger partial charge on any atom is 0.241 e. The first kappa shape index (κ1) is 18.3. The largest absolute Gasteiger partial charge is 0.493 e. The molecule has 0 amide bonds. The minimum Gasteiger partial charge on any atom is -0.493 e. The van der Waals surface area contributed by atoms with E-state index < -0.39 is 16.1 Å². The third kappa shape index (κ3) is 3.71. The Hall–Kier alpha value is -2.45. The zero-order valence-corrected chi connectivity index (χ0v) is 15.6. The quantitative estimate of drug-likeness (QED) is 0.830. The molecule has 0 spiro atoms. The van der Waals surface area contributed by atoms with Crippen molar-refractivity contribution in [2.45, 2.75) is 17.9 Å². The van der Waals surface area contributed by atoms with E-state index in [1.807, 2.05) is 0 Å². The Morgan fingerprint density at radius 3 is 2.35 bits per heavy atom. The summed E-state index contributed by atoms with van der Waals surface area (Å²) in [6, 6.07) is 9.38. The number of hydrogen-bond acceptors (Lipinski definition) is 6. The van der Waals surface area contributed by atoms with Crippen LogP contribution in [-0.2, 0) is 10.0 Å². The number of benzene rings is 2. The Labute approximate surface area is 152 Å². The van der Waals surface area contributed by atoms with Crippen molar-refractivity contribution in [1.82, 2.24) is 4.72 Å². The maximum absolute atomic E-state index is 12.7. The molecule has 0 bridgehead atoms. The Balaban J connectivity index is 1.83. The fourth-order valence-corrected chi connectivity index (χ4v) is 3.93. The molecule has 0 fully saturated rings. The van der Waals surface area contributed by atoms with Crippen molar-refractivity contribution in [3.63, 3.8) is 0 Å². The lowest BCUT2D eigenvalue weighted by Gasteiger charge is -2.20. The van der Waals surface area contributed by atoms with E-state index in [4.69, 9.17) is 18.9 Å². The summed E-state index contributed by atoms with van der Waals surface area (Å²) in [5.74, 6) is 2.09. The van der Waals surface area contributed by atoms with Crippen molar-refractivity contribution in [1.29, 1.82) is 0 Å². The van der Waals surface area contributed by atoms with Crippen LogP contribution in [0, 0.1) is 0 Å². The van der Waals surface area contributed by atoms with Crippen molar-refractivity contribution < 1.29 is 27.4 Å². The maximum atomic E-state index is 12.7. The van der Waals surface area contributed by atoms with Crippen LogP contribution in [0.25, 0.3) is 0 Å². The van der Waals surface area contributed by atoms with E-state index in [1.165, 1.54) is 19.2 Å². The van der Waals surface area contributed by atoms with Crippen LogP contribution < -0.4 is 23.7 Å². The van der Waals surface area contributed by atoms with Gasteiger partial charge in [-0.2, -0.15) is 0 Å². The van der Waals surface area contributed by atoms with Gasteiger partial charge in [0.05, 0.1) is 19.1 Å². The highest BCUT2D eigenvalue weighted by Crippen LogP contribution is 2.33. The molecule has 1 N–H and O–H groups in total. The summed E-state index contributed by atoms with van der Waals surface area (Å²) >= 11 is 0. The molecule has 0 unspecified atom stereocenters. The van der Waals surface area contributed by atoms with Gasteiger partial charge in [0.15, 0.2) is 23.0 Å². The van der Waals surface area contributed by atoms with Crippen LogP contribution in [0.2, 0.25) is 0 Å². The topological polar surface area (TPSA) is 83.1 Å². The van der Waals surface area contributed by atoms with E-state index in [9.17, 15) is 8.42 Å². The number of ether oxygens (including phenoxy) is 4. The molecule has 1 heterocycles. The first-order valence-corrected chi connectivity index (χ1v) is 9.57.